The Kier molecular flexibility index (Phi) is 5.20. The maximum atomic E-state index is 10.7. The highest BCUT2D eigenvalue weighted by molar-refractivity contribution is 9.09. The van der Waals surface area contributed by atoms with Gasteiger partial charge in [-0.3, -0.25) is 4.79 Å². The van der Waals surface area contributed by atoms with Gasteiger partial charge < -0.3 is 5.73 Å². The molecule has 58 valence electrons. The van der Waals surface area contributed by atoms with E-state index in [0.717, 1.165) is 11.8 Å². The van der Waals surface area contributed by atoms with Crippen molar-refractivity contribution >= 4 is 27.7 Å². The Balaban J connectivity index is 3.54. The molecule has 0 aromatic rings. The average Bonchev–Trinajstić information content (AvgIpc) is 1.82. The number of nitrogens with two attached hydrogens (primary N) is 1. The van der Waals surface area contributed by atoms with Crippen LogP contribution in [0.3, 0.4) is 0 Å². The van der Waals surface area contributed by atoms with Crippen molar-refractivity contribution in [3.8, 4) is 0 Å². The van der Waals surface area contributed by atoms with Gasteiger partial charge in [0.05, 0.1) is 5.84 Å². The maximum Gasteiger partial charge on any atom is 0.247 e. The molecule has 2 N–H and O–H groups in total. The van der Waals surface area contributed by atoms with Gasteiger partial charge in [0.15, 0.2) is 0 Å². The lowest BCUT2D eigenvalue weighted by Crippen LogP contribution is -2.08. The Morgan fingerprint density at radius 2 is 2.30 bits per heavy atom. The minimum absolute atomic E-state index is 0.139. The summed E-state index contributed by atoms with van der Waals surface area (Å²) in [7, 11) is 0. The molecule has 4 heteroatoms. The van der Waals surface area contributed by atoms with Gasteiger partial charge in [-0.1, -0.05) is 15.9 Å². The molecule has 0 heterocycles. The van der Waals surface area contributed by atoms with E-state index in [2.05, 4.69) is 20.9 Å². The molecule has 0 unspecified atom stereocenters. The lowest BCUT2D eigenvalue weighted by atomic mass is 10.3. The highest BCUT2D eigenvalue weighted by Gasteiger charge is 1.96. The first-order chi connectivity index (χ1) is 4.66. The maximum absolute atomic E-state index is 10.7. The van der Waals surface area contributed by atoms with Gasteiger partial charge in [-0.25, -0.2) is 4.99 Å². The van der Waals surface area contributed by atoms with E-state index in [9.17, 15) is 4.79 Å². The molecule has 0 radical (unpaired) electrons. The molecule has 0 aliphatic carbocycles. The molecule has 1 amide bonds. The van der Waals surface area contributed by atoms with E-state index in [1.165, 1.54) is 0 Å². The van der Waals surface area contributed by atoms with Crippen LogP contribution in [0.15, 0.2) is 4.99 Å². The van der Waals surface area contributed by atoms with Crippen LogP contribution in [0.1, 0.15) is 19.8 Å². The van der Waals surface area contributed by atoms with Crippen LogP contribution in [-0.4, -0.2) is 17.1 Å². The van der Waals surface area contributed by atoms with Crippen molar-refractivity contribution in [3.05, 3.63) is 0 Å². The van der Waals surface area contributed by atoms with Gasteiger partial charge in [0.25, 0.3) is 0 Å². The largest absolute Gasteiger partial charge is 0.387 e. The number of carbonyl (C=O) groups excluding carboxylic acids is 1. The van der Waals surface area contributed by atoms with Crippen LogP contribution in [-0.2, 0) is 4.79 Å². The van der Waals surface area contributed by atoms with Gasteiger partial charge in [0, 0.05) is 11.8 Å². The van der Waals surface area contributed by atoms with E-state index < -0.39 is 0 Å². The van der Waals surface area contributed by atoms with Gasteiger partial charge in [-0.05, 0) is 13.3 Å². The topological polar surface area (TPSA) is 55.4 Å². The van der Waals surface area contributed by atoms with Gasteiger partial charge >= 0.3 is 0 Å². The molecule has 0 rings (SSSR count). The van der Waals surface area contributed by atoms with Crippen molar-refractivity contribution in [3.63, 3.8) is 0 Å². The number of hydrogen-bond donors (Lipinski definition) is 1. The molecule has 0 aliphatic rings. The highest BCUT2D eigenvalue weighted by atomic mass is 79.9. The van der Waals surface area contributed by atoms with Crippen molar-refractivity contribution in [2.75, 3.05) is 5.33 Å². The summed E-state index contributed by atoms with van der Waals surface area (Å²) in [6.45, 7) is 1.60. The Morgan fingerprint density at radius 3 is 2.70 bits per heavy atom. The molecule has 0 aromatic carbocycles. The van der Waals surface area contributed by atoms with Crippen LogP contribution in [0.25, 0.3) is 0 Å². The molecule has 0 saturated heterocycles. The number of alkyl halides is 1. The number of amidine groups is 1. The van der Waals surface area contributed by atoms with Gasteiger partial charge in [0.2, 0.25) is 5.91 Å². The van der Waals surface area contributed by atoms with Crippen molar-refractivity contribution in [2.45, 2.75) is 19.8 Å². The van der Waals surface area contributed by atoms with E-state index in [4.69, 9.17) is 5.73 Å². The van der Waals surface area contributed by atoms with Crippen molar-refractivity contribution in [1.82, 2.24) is 0 Å². The number of halogens is 1. The third kappa shape index (κ3) is 5.75. The summed E-state index contributed by atoms with van der Waals surface area (Å²) in [5.74, 6) is 0.194. The van der Waals surface area contributed by atoms with E-state index in [0.29, 0.717) is 12.3 Å². The number of aliphatic imine (C=N–C) groups is 1. The molecule has 0 spiro atoms. The number of rotatable bonds is 3. The molecule has 0 aromatic heterocycles. The number of amides is 1. The van der Waals surface area contributed by atoms with E-state index >= 15 is 0 Å². The summed E-state index contributed by atoms with van der Waals surface area (Å²) in [6.07, 6.45) is 1.29. The van der Waals surface area contributed by atoms with Gasteiger partial charge in [0.1, 0.15) is 0 Å². The molecule has 0 saturated carbocycles. The SMILES string of the molecule is CC(N)=NC(=O)CCCBr. The van der Waals surface area contributed by atoms with Crippen molar-refractivity contribution in [2.24, 2.45) is 10.7 Å². The Labute approximate surface area is 68.8 Å². The minimum atomic E-state index is -0.139. The van der Waals surface area contributed by atoms with Crippen LogP contribution >= 0.6 is 15.9 Å². The second-order valence-corrected chi connectivity index (χ2v) is 2.73. The first-order valence-electron chi connectivity index (χ1n) is 3.06. The second kappa shape index (κ2) is 5.41. The molecule has 0 aliphatic heterocycles. The van der Waals surface area contributed by atoms with Crippen LogP contribution < -0.4 is 5.73 Å². The fourth-order valence-electron chi connectivity index (χ4n) is 0.471. The monoisotopic (exact) mass is 206 g/mol. The Hall–Kier alpha value is -0.380. The fourth-order valence-corrected chi connectivity index (χ4v) is 0.751. The summed E-state index contributed by atoms with van der Waals surface area (Å²) < 4.78 is 0. The first-order valence-corrected chi connectivity index (χ1v) is 4.18. The van der Waals surface area contributed by atoms with Crippen molar-refractivity contribution in [1.29, 1.82) is 0 Å². The quantitative estimate of drug-likeness (QED) is 0.427. The summed E-state index contributed by atoms with van der Waals surface area (Å²) in [4.78, 5) is 14.3. The standard InChI is InChI=1S/C6H11BrN2O/c1-5(8)9-6(10)3-2-4-7/h2-4H2,1H3,(H2,8,9,10). The molecule has 0 atom stereocenters. The smallest absolute Gasteiger partial charge is 0.247 e. The van der Waals surface area contributed by atoms with E-state index in [1.807, 2.05) is 0 Å². The van der Waals surface area contributed by atoms with Crippen LogP contribution in [0.2, 0.25) is 0 Å². The van der Waals surface area contributed by atoms with Gasteiger partial charge in [-0.2, -0.15) is 0 Å². The van der Waals surface area contributed by atoms with E-state index in [-0.39, 0.29) is 5.91 Å². The third-order valence-corrected chi connectivity index (χ3v) is 1.39. The molecular formula is C6H11BrN2O. The third-order valence-electron chi connectivity index (χ3n) is 0.825. The lowest BCUT2D eigenvalue weighted by Gasteiger charge is -1.91. The van der Waals surface area contributed by atoms with Crippen LogP contribution in [0.4, 0.5) is 0 Å². The van der Waals surface area contributed by atoms with Crippen molar-refractivity contribution < 1.29 is 4.79 Å². The minimum Gasteiger partial charge on any atom is -0.387 e. The first kappa shape index (κ1) is 9.62. The molecule has 0 fully saturated rings. The zero-order chi connectivity index (χ0) is 7.98. The average molecular weight is 207 g/mol. The highest BCUT2D eigenvalue weighted by Crippen LogP contribution is 1.95. The normalized spacial score (nSPS) is 11.6. The predicted molar refractivity (Wildman–Crippen MR) is 45.3 cm³/mol. The lowest BCUT2D eigenvalue weighted by molar-refractivity contribution is -0.117. The number of nitrogens with zero attached hydrogens (tertiary/aromatic N) is 1. The zero-order valence-electron chi connectivity index (χ0n) is 5.93. The number of hydrogen-bond acceptors (Lipinski definition) is 1. The van der Waals surface area contributed by atoms with Gasteiger partial charge in [-0.15, -0.1) is 0 Å². The Bertz CT molecular complexity index is 141. The molecule has 3 nitrogen and oxygen atoms in total. The Morgan fingerprint density at radius 1 is 1.70 bits per heavy atom. The molecule has 0 bridgehead atoms. The summed E-state index contributed by atoms with van der Waals surface area (Å²) in [6, 6.07) is 0. The summed E-state index contributed by atoms with van der Waals surface area (Å²) in [5.41, 5.74) is 5.18. The van der Waals surface area contributed by atoms with Crippen LogP contribution in [0.5, 0.6) is 0 Å². The predicted octanol–water partition coefficient (Wildman–Crippen LogP) is 1.07. The van der Waals surface area contributed by atoms with E-state index in [1.54, 1.807) is 6.92 Å². The fraction of sp³-hybridized carbons (Fsp3) is 0.667. The van der Waals surface area contributed by atoms with Crippen LogP contribution in [0, 0.1) is 0 Å². The molecule has 10 heavy (non-hydrogen) atoms. The second-order valence-electron chi connectivity index (χ2n) is 1.94. The molecular weight excluding hydrogens is 196 g/mol. The number of carbonyl (C=O) groups is 1. The zero-order valence-corrected chi connectivity index (χ0v) is 7.52. The summed E-state index contributed by atoms with van der Waals surface area (Å²) in [5, 5.41) is 0.831. The summed E-state index contributed by atoms with van der Waals surface area (Å²) >= 11 is 3.21.